The largest absolute Gasteiger partial charge is 0.240 e. The van der Waals surface area contributed by atoms with Crippen molar-refractivity contribution in [1.29, 1.82) is 0 Å². The summed E-state index contributed by atoms with van der Waals surface area (Å²) in [5.74, 6) is 2.07. The van der Waals surface area contributed by atoms with Crippen LogP contribution in [0.25, 0.3) is 11.4 Å². The molecule has 2 aromatic heterocycles. The van der Waals surface area contributed by atoms with Crippen LogP contribution in [0.5, 0.6) is 0 Å². The molecule has 2 aromatic rings. The minimum Gasteiger partial charge on any atom is -0.240 e. The van der Waals surface area contributed by atoms with Gasteiger partial charge in [-0.1, -0.05) is 26.0 Å². The Bertz CT molecular complexity index is 467. The van der Waals surface area contributed by atoms with E-state index in [4.69, 9.17) is 0 Å². The van der Waals surface area contributed by atoms with Crippen molar-refractivity contribution in [3.05, 3.63) is 36.4 Å². The third-order valence-corrected chi connectivity index (χ3v) is 3.92. The summed E-state index contributed by atoms with van der Waals surface area (Å²) in [7, 11) is 0. The van der Waals surface area contributed by atoms with Crippen LogP contribution in [0, 0.1) is 0 Å². The Kier molecular flexibility index (Phi) is 5.08. The molecule has 0 unspecified atom stereocenters. The van der Waals surface area contributed by atoms with Crippen molar-refractivity contribution in [2.75, 3.05) is 11.5 Å². The fourth-order valence-corrected chi connectivity index (χ4v) is 2.84. The summed E-state index contributed by atoms with van der Waals surface area (Å²) in [4.78, 5) is 9.25. The van der Waals surface area contributed by atoms with E-state index in [1.807, 2.05) is 36.4 Å². The van der Waals surface area contributed by atoms with Crippen LogP contribution in [0.4, 0.5) is 0 Å². The Morgan fingerprint density at radius 3 is 1.61 bits per heavy atom. The van der Waals surface area contributed by atoms with E-state index < -0.39 is 0 Å². The van der Waals surface area contributed by atoms with E-state index in [0.29, 0.717) is 0 Å². The lowest BCUT2D eigenvalue weighted by Gasteiger charge is -2.04. The van der Waals surface area contributed by atoms with E-state index in [1.54, 1.807) is 23.5 Å². The first-order chi connectivity index (χ1) is 8.83. The molecule has 0 aromatic carbocycles. The lowest BCUT2D eigenvalue weighted by Crippen LogP contribution is -1.90. The van der Waals surface area contributed by atoms with Crippen LogP contribution in [0.3, 0.4) is 0 Å². The summed E-state index contributed by atoms with van der Waals surface area (Å²) < 4.78 is 0. The molecule has 0 radical (unpaired) electrons. The van der Waals surface area contributed by atoms with Crippen molar-refractivity contribution in [2.45, 2.75) is 23.9 Å². The molecule has 0 aliphatic rings. The molecule has 0 bridgehead atoms. The second-order valence-electron chi connectivity index (χ2n) is 3.59. The van der Waals surface area contributed by atoms with Gasteiger partial charge in [0.05, 0.1) is 21.4 Å². The normalized spacial score (nSPS) is 10.6. The summed E-state index contributed by atoms with van der Waals surface area (Å²) in [5.41, 5.74) is 1.90. The van der Waals surface area contributed by atoms with Gasteiger partial charge in [-0.15, -0.1) is 23.5 Å². The number of rotatable bonds is 5. The lowest BCUT2D eigenvalue weighted by atomic mass is 10.2. The topological polar surface area (TPSA) is 25.8 Å². The Hall–Kier alpha value is -1.00. The molecule has 0 fully saturated rings. The van der Waals surface area contributed by atoms with Gasteiger partial charge in [-0.2, -0.15) is 0 Å². The van der Waals surface area contributed by atoms with Gasteiger partial charge in [0.15, 0.2) is 0 Å². The van der Waals surface area contributed by atoms with Gasteiger partial charge in [0.1, 0.15) is 0 Å². The minimum absolute atomic E-state index is 0.951. The van der Waals surface area contributed by atoms with E-state index in [9.17, 15) is 0 Å². The molecule has 0 N–H and O–H groups in total. The van der Waals surface area contributed by atoms with Gasteiger partial charge >= 0.3 is 0 Å². The van der Waals surface area contributed by atoms with Gasteiger partial charge in [-0.25, -0.2) is 9.97 Å². The second kappa shape index (κ2) is 6.81. The van der Waals surface area contributed by atoms with Gasteiger partial charge in [-0.05, 0) is 35.8 Å². The predicted molar refractivity (Wildman–Crippen MR) is 80.3 cm³/mol. The molecular weight excluding hydrogens is 260 g/mol. The maximum atomic E-state index is 4.63. The van der Waals surface area contributed by atoms with Gasteiger partial charge < -0.3 is 0 Å². The monoisotopic (exact) mass is 276 g/mol. The minimum atomic E-state index is 0.951. The van der Waals surface area contributed by atoms with Crippen molar-refractivity contribution in [3.63, 3.8) is 0 Å². The summed E-state index contributed by atoms with van der Waals surface area (Å²) in [5, 5.41) is 2.12. The molecule has 4 heteroatoms. The number of pyridine rings is 2. The fraction of sp³-hybridized carbons (Fsp3) is 0.286. The van der Waals surface area contributed by atoms with Crippen LogP contribution in [-0.2, 0) is 0 Å². The van der Waals surface area contributed by atoms with Crippen molar-refractivity contribution >= 4 is 23.5 Å². The number of thioether (sulfide) groups is 2. The molecule has 0 saturated carbocycles. The van der Waals surface area contributed by atoms with Crippen LogP contribution in [0.15, 0.2) is 46.5 Å². The SMILES string of the molecule is CCSc1cccc(-c2cccc(SCC)n2)n1. The van der Waals surface area contributed by atoms with Crippen LogP contribution in [0.1, 0.15) is 13.8 Å². The van der Waals surface area contributed by atoms with Crippen molar-refractivity contribution in [2.24, 2.45) is 0 Å². The summed E-state index contributed by atoms with van der Waals surface area (Å²) in [6.45, 7) is 4.27. The molecule has 0 atom stereocenters. The van der Waals surface area contributed by atoms with Gasteiger partial charge in [0, 0.05) is 0 Å². The molecule has 0 spiro atoms. The molecule has 2 heterocycles. The number of hydrogen-bond donors (Lipinski definition) is 0. The second-order valence-corrected chi connectivity index (χ2v) is 6.16. The third-order valence-electron chi connectivity index (χ3n) is 2.29. The average molecular weight is 276 g/mol. The van der Waals surface area contributed by atoms with Crippen LogP contribution >= 0.6 is 23.5 Å². The highest BCUT2D eigenvalue weighted by molar-refractivity contribution is 7.99. The van der Waals surface area contributed by atoms with Crippen LogP contribution < -0.4 is 0 Å². The molecule has 2 rings (SSSR count). The molecule has 0 aliphatic carbocycles. The standard InChI is InChI=1S/C14H16N2S2/c1-3-17-13-9-5-7-11(15-13)12-8-6-10-14(16-12)18-4-2/h5-10H,3-4H2,1-2H3. The van der Waals surface area contributed by atoms with Crippen molar-refractivity contribution < 1.29 is 0 Å². The molecule has 2 nitrogen and oxygen atoms in total. The first-order valence-electron chi connectivity index (χ1n) is 6.03. The molecular formula is C14H16N2S2. The highest BCUT2D eigenvalue weighted by Crippen LogP contribution is 2.23. The van der Waals surface area contributed by atoms with E-state index >= 15 is 0 Å². The summed E-state index contributed by atoms with van der Waals surface area (Å²) in [6.07, 6.45) is 0. The molecule has 0 saturated heterocycles. The number of nitrogens with zero attached hydrogens (tertiary/aromatic N) is 2. The number of aromatic nitrogens is 2. The van der Waals surface area contributed by atoms with Crippen molar-refractivity contribution in [3.8, 4) is 11.4 Å². The molecule has 0 aliphatic heterocycles. The number of hydrogen-bond acceptors (Lipinski definition) is 4. The highest BCUT2D eigenvalue weighted by atomic mass is 32.2. The lowest BCUT2D eigenvalue weighted by molar-refractivity contribution is 1.08. The Labute approximate surface area is 117 Å². The Balaban J connectivity index is 2.29. The maximum absolute atomic E-state index is 4.63. The van der Waals surface area contributed by atoms with Crippen LogP contribution in [-0.4, -0.2) is 21.5 Å². The molecule has 0 amide bonds. The third kappa shape index (κ3) is 3.50. The van der Waals surface area contributed by atoms with E-state index in [1.165, 1.54) is 0 Å². The van der Waals surface area contributed by atoms with Gasteiger partial charge in [-0.3, -0.25) is 0 Å². The van der Waals surface area contributed by atoms with E-state index in [2.05, 4.69) is 23.8 Å². The van der Waals surface area contributed by atoms with E-state index in [0.717, 1.165) is 32.9 Å². The highest BCUT2D eigenvalue weighted by Gasteiger charge is 2.04. The van der Waals surface area contributed by atoms with Gasteiger partial charge in [0.2, 0.25) is 0 Å². The first-order valence-corrected chi connectivity index (χ1v) is 8.00. The first kappa shape index (κ1) is 13.4. The van der Waals surface area contributed by atoms with Crippen molar-refractivity contribution in [1.82, 2.24) is 9.97 Å². The Morgan fingerprint density at radius 1 is 0.778 bits per heavy atom. The fourth-order valence-electron chi connectivity index (χ4n) is 1.57. The van der Waals surface area contributed by atoms with E-state index in [-0.39, 0.29) is 0 Å². The molecule has 94 valence electrons. The van der Waals surface area contributed by atoms with Gasteiger partial charge in [0.25, 0.3) is 0 Å². The smallest absolute Gasteiger partial charge is 0.0967 e. The summed E-state index contributed by atoms with van der Waals surface area (Å²) in [6, 6.07) is 12.2. The zero-order valence-electron chi connectivity index (χ0n) is 10.6. The molecule has 18 heavy (non-hydrogen) atoms. The maximum Gasteiger partial charge on any atom is 0.0967 e. The quantitative estimate of drug-likeness (QED) is 0.757. The average Bonchev–Trinajstić information content (AvgIpc) is 2.40. The predicted octanol–water partition coefficient (Wildman–Crippen LogP) is 4.37. The zero-order valence-corrected chi connectivity index (χ0v) is 12.2. The van der Waals surface area contributed by atoms with Crippen LogP contribution in [0.2, 0.25) is 0 Å². The summed E-state index contributed by atoms with van der Waals surface area (Å²) >= 11 is 3.51. The zero-order chi connectivity index (χ0) is 12.8. The Morgan fingerprint density at radius 2 is 1.22 bits per heavy atom.